The highest BCUT2D eigenvalue weighted by Crippen LogP contribution is 2.63. The van der Waals surface area contributed by atoms with Crippen molar-refractivity contribution in [3.05, 3.63) is 65.7 Å². The Labute approximate surface area is 197 Å². The van der Waals surface area contributed by atoms with Gasteiger partial charge < -0.3 is 10.0 Å². The summed E-state index contributed by atoms with van der Waals surface area (Å²) in [7, 11) is -0.413. The maximum atomic E-state index is 12.1. The number of carboxylic acids is 1. The zero-order chi connectivity index (χ0) is 24.2. The lowest BCUT2D eigenvalue weighted by Gasteiger charge is -2.25. The number of likely N-dealkylation sites (tertiary alicyclic amines) is 1. The summed E-state index contributed by atoms with van der Waals surface area (Å²) < 4.78 is 28.1. The molecule has 4 rings (SSSR count). The highest BCUT2D eigenvalue weighted by molar-refractivity contribution is 7.90. The second kappa shape index (κ2) is 10.2. The molecule has 1 saturated carbocycles. The summed E-state index contributed by atoms with van der Waals surface area (Å²) in [5.41, 5.74) is 3.46. The zero-order valence-electron chi connectivity index (χ0n) is 19.9. The first-order valence-corrected chi connectivity index (χ1v) is 12.7. The van der Waals surface area contributed by atoms with Crippen molar-refractivity contribution in [1.82, 2.24) is 9.21 Å². The normalized spacial score (nSPS) is 24.0. The molecule has 2 aliphatic rings. The summed E-state index contributed by atoms with van der Waals surface area (Å²) in [5, 5.41) is 7.42. The van der Waals surface area contributed by atoms with Crippen molar-refractivity contribution in [3.63, 3.8) is 0 Å². The van der Waals surface area contributed by atoms with Gasteiger partial charge in [-0.2, -0.15) is 12.7 Å². The molecule has 1 heterocycles. The number of aliphatic carboxylic acids is 1. The number of rotatable bonds is 8. The summed E-state index contributed by atoms with van der Waals surface area (Å²) in [6.07, 6.45) is 2.33. The van der Waals surface area contributed by atoms with Gasteiger partial charge in [-0.25, -0.2) is 0 Å². The lowest BCUT2D eigenvalue weighted by Crippen LogP contribution is -2.30. The predicted octanol–water partition coefficient (Wildman–Crippen LogP) is 3.45. The first-order valence-electron chi connectivity index (χ1n) is 11.3. The standard InChI is InChI=1S/C23H31N3O2S.C2H4O2/c1-23(19-12-7-13-20(15-19)24-29(27,28)25(2)3)21-16-26(17-22(21)23)14-8-11-18-9-5-4-6-10-18;1-2(3)4/h4-7,9-10,12-13,15,21-22,24H,8,11,14,16-17H2,1-3H3;1H3,(H,3,4). The van der Waals surface area contributed by atoms with Gasteiger partial charge in [0.25, 0.3) is 5.97 Å². The van der Waals surface area contributed by atoms with Crippen LogP contribution in [-0.2, 0) is 26.8 Å². The average molecular weight is 474 g/mol. The molecule has 0 amide bonds. The van der Waals surface area contributed by atoms with Crippen LogP contribution in [0.3, 0.4) is 0 Å². The van der Waals surface area contributed by atoms with Crippen molar-refractivity contribution in [2.45, 2.75) is 32.1 Å². The van der Waals surface area contributed by atoms with E-state index >= 15 is 0 Å². The maximum absolute atomic E-state index is 12.1. The second-order valence-electron chi connectivity index (χ2n) is 9.33. The van der Waals surface area contributed by atoms with Crippen LogP contribution in [0, 0.1) is 11.8 Å². The molecule has 2 N–H and O–H groups in total. The molecule has 2 aromatic rings. The molecule has 0 bridgehead atoms. The molecule has 2 unspecified atom stereocenters. The first-order chi connectivity index (χ1) is 15.5. The first kappa shape index (κ1) is 25.2. The Morgan fingerprint density at radius 3 is 2.30 bits per heavy atom. The van der Waals surface area contributed by atoms with E-state index in [9.17, 15) is 8.42 Å². The van der Waals surface area contributed by atoms with Crippen LogP contribution in [-0.4, -0.2) is 62.4 Å². The van der Waals surface area contributed by atoms with Crippen LogP contribution in [0.4, 0.5) is 5.69 Å². The molecule has 8 heteroatoms. The molecule has 0 aromatic heterocycles. The lowest BCUT2D eigenvalue weighted by atomic mass is 9.92. The van der Waals surface area contributed by atoms with E-state index in [1.807, 2.05) is 18.2 Å². The Morgan fingerprint density at radius 2 is 1.73 bits per heavy atom. The molecule has 1 saturated heterocycles. The lowest BCUT2D eigenvalue weighted by molar-refractivity contribution is -0.134. The minimum absolute atomic E-state index is 0.162. The van der Waals surface area contributed by atoms with Crippen LogP contribution in [0.15, 0.2) is 54.6 Å². The number of carboxylic acid groups (broad SMARTS) is 1. The van der Waals surface area contributed by atoms with Crippen molar-refractivity contribution in [2.24, 2.45) is 11.8 Å². The van der Waals surface area contributed by atoms with Gasteiger partial charge >= 0.3 is 10.2 Å². The highest BCUT2D eigenvalue weighted by Gasteiger charge is 2.65. The van der Waals surface area contributed by atoms with Gasteiger partial charge in [-0.1, -0.05) is 49.4 Å². The predicted molar refractivity (Wildman–Crippen MR) is 132 cm³/mol. The third-order valence-corrected chi connectivity index (χ3v) is 8.28. The summed E-state index contributed by atoms with van der Waals surface area (Å²) >= 11 is 0. The Hall–Kier alpha value is -2.42. The van der Waals surface area contributed by atoms with E-state index in [1.54, 1.807) is 0 Å². The van der Waals surface area contributed by atoms with Crippen LogP contribution in [0.25, 0.3) is 0 Å². The number of fused-ring (bicyclic) bond motifs is 1. The molecule has 0 radical (unpaired) electrons. The number of nitrogens with one attached hydrogen (secondary N) is 1. The zero-order valence-corrected chi connectivity index (χ0v) is 20.7. The van der Waals surface area contributed by atoms with Crippen molar-refractivity contribution < 1.29 is 18.3 Å². The van der Waals surface area contributed by atoms with E-state index < -0.39 is 16.2 Å². The Bertz CT molecular complexity index is 1040. The summed E-state index contributed by atoms with van der Waals surface area (Å²) in [6.45, 7) is 6.86. The van der Waals surface area contributed by atoms with Gasteiger partial charge in [-0.15, -0.1) is 0 Å². The molecule has 1 aliphatic carbocycles. The Balaban J connectivity index is 0.000000709. The van der Waals surface area contributed by atoms with Crippen molar-refractivity contribution in [3.8, 4) is 0 Å². The van der Waals surface area contributed by atoms with E-state index in [4.69, 9.17) is 9.90 Å². The molecular weight excluding hydrogens is 438 g/mol. The smallest absolute Gasteiger partial charge is 0.301 e. The number of aryl methyl sites for hydroxylation is 1. The number of hydrogen-bond donors (Lipinski definition) is 2. The summed E-state index contributed by atoms with van der Waals surface area (Å²) in [4.78, 5) is 11.6. The highest BCUT2D eigenvalue weighted by atomic mass is 32.2. The van der Waals surface area contributed by atoms with Gasteiger partial charge in [0.1, 0.15) is 0 Å². The molecule has 2 aromatic carbocycles. The van der Waals surface area contributed by atoms with Gasteiger partial charge in [-0.05, 0) is 54.5 Å². The number of hydrogen-bond acceptors (Lipinski definition) is 4. The monoisotopic (exact) mass is 473 g/mol. The van der Waals surface area contributed by atoms with Crippen molar-refractivity contribution in [1.29, 1.82) is 0 Å². The SMILES string of the molecule is CC(=O)O.CN(C)S(=O)(=O)Nc1cccc(C2(C)C3CN(CCCc4ccccc4)CC32)c1. The number of benzene rings is 2. The Kier molecular flexibility index (Phi) is 7.82. The fraction of sp³-hybridized carbons (Fsp3) is 0.480. The molecule has 0 spiro atoms. The van der Waals surface area contributed by atoms with Crippen LogP contribution in [0.1, 0.15) is 31.4 Å². The van der Waals surface area contributed by atoms with E-state index in [0.717, 1.165) is 33.0 Å². The number of carbonyl (C=O) groups is 1. The molecule has 2 fully saturated rings. The molecule has 2 atom stereocenters. The largest absolute Gasteiger partial charge is 0.481 e. The van der Waals surface area contributed by atoms with E-state index in [1.165, 1.54) is 35.9 Å². The fourth-order valence-electron chi connectivity index (χ4n) is 4.88. The van der Waals surface area contributed by atoms with Crippen molar-refractivity contribution in [2.75, 3.05) is 38.5 Å². The van der Waals surface area contributed by atoms with E-state index in [0.29, 0.717) is 17.5 Å². The second-order valence-corrected chi connectivity index (χ2v) is 11.2. The molecule has 7 nitrogen and oxygen atoms in total. The van der Waals surface area contributed by atoms with Gasteiger partial charge in [0.05, 0.1) is 5.69 Å². The van der Waals surface area contributed by atoms with Gasteiger partial charge in [0.2, 0.25) is 0 Å². The van der Waals surface area contributed by atoms with Crippen LogP contribution < -0.4 is 4.72 Å². The molecule has 1 aliphatic heterocycles. The van der Waals surface area contributed by atoms with Gasteiger partial charge in [-0.3, -0.25) is 9.52 Å². The number of nitrogens with zero attached hydrogens (tertiary/aromatic N) is 2. The Morgan fingerprint density at radius 1 is 1.12 bits per heavy atom. The minimum atomic E-state index is -3.48. The van der Waals surface area contributed by atoms with E-state index in [2.05, 4.69) is 52.9 Å². The van der Waals surface area contributed by atoms with Crippen LogP contribution in [0.2, 0.25) is 0 Å². The third-order valence-electron chi connectivity index (χ3n) is 6.82. The maximum Gasteiger partial charge on any atom is 0.301 e. The van der Waals surface area contributed by atoms with Crippen LogP contribution in [0.5, 0.6) is 0 Å². The van der Waals surface area contributed by atoms with E-state index in [-0.39, 0.29) is 5.41 Å². The molecule has 33 heavy (non-hydrogen) atoms. The number of anilines is 1. The molecule has 180 valence electrons. The quantitative estimate of drug-likeness (QED) is 0.613. The summed E-state index contributed by atoms with van der Waals surface area (Å²) in [5.74, 6) is 0.500. The van der Waals surface area contributed by atoms with Gasteiger partial charge in [0, 0.05) is 39.5 Å². The number of piperidine rings is 1. The van der Waals surface area contributed by atoms with Crippen molar-refractivity contribution >= 4 is 21.9 Å². The topological polar surface area (TPSA) is 90.0 Å². The van der Waals surface area contributed by atoms with Crippen LogP contribution >= 0.6 is 0 Å². The fourth-order valence-corrected chi connectivity index (χ4v) is 5.49. The molecular formula is C25H35N3O4S. The summed E-state index contributed by atoms with van der Waals surface area (Å²) in [6, 6.07) is 18.6. The van der Waals surface area contributed by atoms with Gasteiger partial charge in [0.15, 0.2) is 0 Å². The third kappa shape index (κ3) is 6.13. The average Bonchev–Trinajstić information content (AvgIpc) is 3.08. The minimum Gasteiger partial charge on any atom is -0.481 e.